The number of methoxy groups -OCH3 is 1. The summed E-state index contributed by atoms with van der Waals surface area (Å²) in [6, 6.07) is 18.1. The predicted molar refractivity (Wildman–Crippen MR) is 153 cm³/mol. The van der Waals surface area contributed by atoms with Gasteiger partial charge in [-0.25, -0.2) is 4.79 Å². The van der Waals surface area contributed by atoms with Crippen LogP contribution in [0.4, 0.5) is 4.79 Å². The van der Waals surface area contributed by atoms with Gasteiger partial charge in [0.2, 0.25) is 0 Å². The van der Waals surface area contributed by atoms with Gasteiger partial charge >= 0.3 is 6.03 Å². The molecule has 0 bridgehead atoms. The summed E-state index contributed by atoms with van der Waals surface area (Å²) in [5.41, 5.74) is 4.31. The van der Waals surface area contributed by atoms with Gasteiger partial charge in [-0.3, -0.25) is 0 Å². The smallest absolute Gasteiger partial charge is 0.319 e. The van der Waals surface area contributed by atoms with Crippen LogP contribution in [-0.4, -0.2) is 56.2 Å². The Hall–Kier alpha value is -2.82. The molecule has 2 N–H and O–H groups in total. The van der Waals surface area contributed by atoms with E-state index in [1.54, 1.807) is 13.2 Å². The Morgan fingerprint density at radius 2 is 1.92 bits per heavy atom. The van der Waals surface area contributed by atoms with E-state index in [-0.39, 0.29) is 22.7 Å². The molecule has 38 heavy (non-hydrogen) atoms. The van der Waals surface area contributed by atoms with Crippen LogP contribution in [0.2, 0.25) is 0 Å². The van der Waals surface area contributed by atoms with E-state index in [9.17, 15) is 10.1 Å². The number of amides is 2. The number of alkyl halides is 1. The zero-order chi connectivity index (χ0) is 27.1. The predicted octanol–water partition coefficient (Wildman–Crippen LogP) is 5.77. The number of carbonyl (C=O) groups excluding carboxylic acids is 1. The van der Waals surface area contributed by atoms with Gasteiger partial charge in [-0.2, -0.15) is 5.26 Å². The van der Waals surface area contributed by atoms with Crippen molar-refractivity contribution in [3.05, 3.63) is 82.5 Å². The third-order valence-electron chi connectivity index (χ3n) is 7.64. The Balaban J connectivity index is 1.50. The minimum atomic E-state index is -0.276. The number of nitriles is 1. The van der Waals surface area contributed by atoms with Crippen LogP contribution in [0.1, 0.15) is 30.9 Å². The van der Waals surface area contributed by atoms with Crippen LogP contribution in [0.25, 0.3) is 11.1 Å². The summed E-state index contributed by atoms with van der Waals surface area (Å²) in [4.78, 5) is 15.3. The SMILES string of the molecule is COCCN1CCC(CNC(=O)NC2=CC(Cl)C(C)C(Cl)=C2)(c2ccc(-c3cccc(C#N)c3)cc2)CC1. The molecular weight excluding hydrogens is 519 g/mol. The maximum absolute atomic E-state index is 12.9. The molecule has 2 unspecified atom stereocenters. The molecule has 1 aliphatic heterocycles. The third kappa shape index (κ3) is 6.78. The summed E-state index contributed by atoms with van der Waals surface area (Å²) in [6.45, 7) is 5.91. The second-order valence-corrected chi connectivity index (χ2v) is 11.0. The molecule has 1 heterocycles. The van der Waals surface area contributed by atoms with E-state index in [0.29, 0.717) is 29.4 Å². The number of rotatable bonds is 8. The van der Waals surface area contributed by atoms with Crippen molar-refractivity contribution in [2.24, 2.45) is 5.92 Å². The van der Waals surface area contributed by atoms with Gasteiger partial charge in [0.25, 0.3) is 0 Å². The van der Waals surface area contributed by atoms with Gasteiger partial charge in [0.15, 0.2) is 0 Å². The number of allylic oxidation sites excluding steroid dienone is 3. The highest BCUT2D eigenvalue weighted by Crippen LogP contribution is 2.36. The van der Waals surface area contributed by atoms with E-state index in [1.165, 1.54) is 5.56 Å². The first kappa shape index (κ1) is 28.2. The summed E-state index contributed by atoms with van der Waals surface area (Å²) < 4.78 is 5.27. The van der Waals surface area contributed by atoms with Gasteiger partial charge in [-0.15, -0.1) is 11.6 Å². The van der Waals surface area contributed by atoms with Crippen LogP contribution in [-0.2, 0) is 10.2 Å². The molecule has 200 valence electrons. The largest absolute Gasteiger partial charge is 0.383 e. The molecule has 1 saturated heterocycles. The number of nitrogens with one attached hydrogen (secondary N) is 2. The number of benzene rings is 2. The first-order valence-corrected chi connectivity index (χ1v) is 13.8. The third-order valence-corrected chi connectivity index (χ3v) is 8.59. The second-order valence-electron chi connectivity index (χ2n) is 10.1. The number of nitrogens with zero attached hydrogens (tertiary/aromatic N) is 2. The van der Waals surface area contributed by atoms with Crippen molar-refractivity contribution in [3.8, 4) is 17.2 Å². The molecular formula is C30H34Cl2N4O2. The van der Waals surface area contributed by atoms with E-state index in [2.05, 4.69) is 45.9 Å². The van der Waals surface area contributed by atoms with Crippen molar-refractivity contribution in [3.63, 3.8) is 0 Å². The van der Waals surface area contributed by atoms with Crippen LogP contribution in [0, 0.1) is 17.2 Å². The Bertz CT molecular complexity index is 1230. The van der Waals surface area contributed by atoms with E-state index >= 15 is 0 Å². The topological polar surface area (TPSA) is 77.4 Å². The highest BCUT2D eigenvalue weighted by Gasteiger charge is 2.36. The molecule has 8 heteroatoms. The van der Waals surface area contributed by atoms with Crippen LogP contribution in [0.5, 0.6) is 0 Å². The molecule has 1 fully saturated rings. The van der Waals surface area contributed by atoms with Crippen molar-refractivity contribution in [2.45, 2.75) is 30.6 Å². The number of carbonyl (C=O) groups is 1. The first-order chi connectivity index (χ1) is 18.3. The van der Waals surface area contributed by atoms with Gasteiger partial charge in [0, 0.05) is 42.3 Å². The summed E-state index contributed by atoms with van der Waals surface area (Å²) in [6.07, 6.45) is 5.41. The fourth-order valence-corrected chi connectivity index (χ4v) is 5.66. The minimum Gasteiger partial charge on any atom is -0.383 e. The van der Waals surface area contributed by atoms with Crippen molar-refractivity contribution in [2.75, 3.05) is 39.9 Å². The monoisotopic (exact) mass is 552 g/mol. The first-order valence-electron chi connectivity index (χ1n) is 12.9. The van der Waals surface area contributed by atoms with Crippen LogP contribution < -0.4 is 10.6 Å². The van der Waals surface area contributed by atoms with Gasteiger partial charge < -0.3 is 20.3 Å². The molecule has 0 saturated carbocycles. The number of piperidine rings is 1. The summed E-state index contributed by atoms with van der Waals surface area (Å²) in [7, 11) is 1.72. The second kappa shape index (κ2) is 12.8. The number of hydrogen-bond donors (Lipinski definition) is 2. The minimum absolute atomic E-state index is 0.0175. The normalized spacial score (nSPS) is 21.1. The van der Waals surface area contributed by atoms with Gasteiger partial charge in [0.05, 0.1) is 23.6 Å². The highest BCUT2D eigenvalue weighted by molar-refractivity contribution is 6.31. The fourth-order valence-electron chi connectivity index (χ4n) is 5.08. The molecule has 2 aromatic carbocycles. The zero-order valence-corrected chi connectivity index (χ0v) is 23.4. The number of halogens is 2. The van der Waals surface area contributed by atoms with Gasteiger partial charge in [-0.1, -0.05) is 54.9 Å². The highest BCUT2D eigenvalue weighted by atomic mass is 35.5. The lowest BCUT2D eigenvalue weighted by molar-refractivity contribution is 0.109. The standard InChI is InChI=1S/C30H34Cl2N4O2/c1-21-27(31)17-26(18-28(21)32)35-29(37)34-20-30(10-12-36(13-11-30)14-15-38-2)25-8-6-23(7-9-25)24-5-3-4-22(16-24)19-33/h3-9,16-18,21,27H,10-15,20H2,1-2H3,(H2,34,35,37). The molecule has 2 atom stereocenters. The van der Waals surface area contributed by atoms with E-state index in [1.807, 2.05) is 37.3 Å². The summed E-state index contributed by atoms with van der Waals surface area (Å²) >= 11 is 12.7. The fraction of sp³-hybridized carbons (Fsp3) is 0.400. The number of hydrogen-bond acceptors (Lipinski definition) is 4. The van der Waals surface area contributed by atoms with Crippen molar-refractivity contribution >= 4 is 29.2 Å². The lowest BCUT2D eigenvalue weighted by Crippen LogP contribution is -2.50. The zero-order valence-electron chi connectivity index (χ0n) is 21.8. The van der Waals surface area contributed by atoms with Crippen molar-refractivity contribution in [1.82, 2.24) is 15.5 Å². The van der Waals surface area contributed by atoms with Crippen molar-refractivity contribution < 1.29 is 9.53 Å². The lowest BCUT2D eigenvalue weighted by Gasteiger charge is -2.42. The molecule has 4 rings (SSSR count). The Labute approximate surface area is 235 Å². The molecule has 0 aromatic heterocycles. The Kier molecular flexibility index (Phi) is 9.51. The molecule has 0 spiro atoms. The number of likely N-dealkylation sites (tertiary alicyclic amines) is 1. The molecule has 0 radical (unpaired) electrons. The Morgan fingerprint density at radius 3 is 2.58 bits per heavy atom. The summed E-state index contributed by atoms with van der Waals surface area (Å²) in [5.74, 6) is 0.0175. The maximum atomic E-state index is 12.9. The van der Waals surface area contributed by atoms with Crippen LogP contribution >= 0.6 is 23.2 Å². The van der Waals surface area contributed by atoms with Crippen LogP contribution in [0.3, 0.4) is 0 Å². The molecule has 2 aromatic rings. The molecule has 2 aliphatic rings. The maximum Gasteiger partial charge on any atom is 0.319 e. The van der Waals surface area contributed by atoms with E-state index in [4.69, 9.17) is 27.9 Å². The van der Waals surface area contributed by atoms with E-state index in [0.717, 1.165) is 43.6 Å². The van der Waals surface area contributed by atoms with E-state index < -0.39 is 0 Å². The van der Waals surface area contributed by atoms with Crippen LogP contribution in [0.15, 0.2) is 71.4 Å². The lowest BCUT2D eigenvalue weighted by atomic mass is 9.72. The number of urea groups is 1. The quantitative estimate of drug-likeness (QED) is 0.407. The average Bonchev–Trinajstić information content (AvgIpc) is 2.94. The Morgan fingerprint density at radius 1 is 1.18 bits per heavy atom. The molecule has 1 aliphatic carbocycles. The molecule has 2 amide bonds. The van der Waals surface area contributed by atoms with Crippen molar-refractivity contribution in [1.29, 1.82) is 5.26 Å². The molecule has 6 nitrogen and oxygen atoms in total. The van der Waals surface area contributed by atoms with Gasteiger partial charge in [-0.05, 0) is 66.9 Å². The number of ether oxygens (including phenoxy) is 1. The summed E-state index contributed by atoms with van der Waals surface area (Å²) in [5, 5.41) is 15.6. The van der Waals surface area contributed by atoms with Gasteiger partial charge in [0.1, 0.15) is 0 Å². The average molecular weight is 554 g/mol.